The Labute approximate surface area is 113 Å². The van der Waals surface area contributed by atoms with E-state index in [2.05, 4.69) is 39.4 Å². The zero-order valence-corrected chi connectivity index (χ0v) is 11.0. The maximum atomic E-state index is 5.54. The van der Waals surface area contributed by atoms with Gasteiger partial charge in [0.1, 0.15) is 0 Å². The highest BCUT2D eigenvalue weighted by molar-refractivity contribution is 5.53. The molecule has 0 saturated heterocycles. The van der Waals surface area contributed by atoms with E-state index >= 15 is 0 Å². The van der Waals surface area contributed by atoms with E-state index in [0.29, 0.717) is 5.92 Å². The van der Waals surface area contributed by atoms with Crippen LogP contribution in [0.25, 0.3) is 5.69 Å². The van der Waals surface area contributed by atoms with E-state index in [1.165, 1.54) is 24.2 Å². The van der Waals surface area contributed by atoms with Crippen molar-refractivity contribution < 1.29 is 0 Å². The van der Waals surface area contributed by atoms with Gasteiger partial charge in [0.15, 0.2) is 0 Å². The van der Waals surface area contributed by atoms with E-state index in [4.69, 9.17) is 5.73 Å². The molecule has 0 atom stereocenters. The van der Waals surface area contributed by atoms with Gasteiger partial charge in [-0.05, 0) is 37.9 Å². The fourth-order valence-corrected chi connectivity index (χ4v) is 2.34. The molecule has 0 bridgehead atoms. The molecular formula is C15H20N4. The molecule has 2 aromatic rings. The SMILES string of the molecule is NCCCNc1cnn(-c2ccccc2)c1C1CC1. The van der Waals surface area contributed by atoms with Crippen molar-refractivity contribution in [2.75, 3.05) is 18.4 Å². The summed E-state index contributed by atoms with van der Waals surface area (Å²) in [5.74, 6) is 0.656. The standard InChI is InChI=1S/C15H20N4/c16-9-4-10-17-14-11-18-19(15(14)12-7-8-12)13-5-2-1-3-6-13/h1-3,5-6,11-12,17H,4,7-10,16H2. The second kappa shape index (κ2) is 5.45. The number of nitrogens with zero attached hydrogens (tertiary/aromatic N) is 2. The summed E-state index contributed by atoms with van der Waals surface area (Å²) < 4.78 is 2.07. The van der Waals surface area contributed by atoms with Gasteiger partial charge >= 0.3 is 0 Å². The molecule has 1 saturated carbocycles. The van der Waals surface area contributed by atoms with Gasteiger partial charge in [-0.1, -0.05) is 18.2 Å². The summed E-state index contributed by atoms with van der Waals surface area (Å²) in [6, 6.07) is 10.3. The highest BCUT2D eigenvalue weighted by atomic mass is 15.3. The Hall–Kier alpha value is -1.81. The summed E-state index contributed by atoms with van der Waals surface area (Å²) in [7, 11) is 0. The summed E-state index contributed by atoms with van der Waals surface area (Å²) in [5.41, 5.74) is 9.16. The average Bonchev–Trinajstić information content (AvgIpc) is 3.21. The zero-order valence-electron chi connectivity index (χ0n) is 11.0. The lowest BCUT2D eigenvalue weighted by Crippen LogP contribution is -2.09. The van der Waals surface area contributed by atoms with Crippen molar-refractivity contribution in [2.45, 2.75) is 25.2 Å². The van der Waals surface area contributed by atoms with Crippen molar-refractivity contribution >= 4 is 5.69 Å². The minimum absolute atomic E-state index is 0.656. The molecule has 4 heteroatoms. The van der Waals surface area contributed by atoms with Gasteiger partial charge in [-0.2, -0.15) is 5.10 Å². The lowest BCUT2D eigenvalue weighted by atomic mass is 10.2. The molecule has 100 valence electrons. The van der Waals surface area contributed by atoms with Crippen molar-refractivity contribution in [1.82, 2.24) is 9.78 Å². The molecule has 1 aliphatic carbocycles. The maximum Gasteiger partial charge on any atom is 0.0766 e. The minimum atomic E-state index is 0.656. The lowest BCUT2D eigenvalue weighted by Gasteiger charge is -2.10. The third-order valence-electron chi connectivity index (χ3n) is 3.47. The Bertz CT molecular complexity index is 528. The third-order valence-corrected chi connectivity index (χ3v) is 3.47. The largest absolute Gasteiger partial charge is 0.382 e. The van der Waals surface area contributed by atoms with Crippen molar-refractivity contribution in [2.24, 2.45) is 5.73 Å². The van der Waals surface area contributed by atoms with E-state index in [1.54, 1.807) is 0 Å². The van der Waals surface area contributed by atoms with Gasteiger partial charge in [-0.15, -0.1) is 0 Å². The Morgan fingerprint density at radius 3 is 2.74 bits per heavy atom. The first-order chi connectivity index (χ1) is 9.40. The molecule has 1 heterocycles. The van der Waals surface area contributed by atoms with Crippen LogP contribution >= 0.6 is 0 Å². The second-order valence-electron chi connectivity index (χ2n) is 5.03. The number of anilines is 1. The highest BCUT2D eigenvalue weighted by Crippen LogP contribution is 2.44. The van der Waals surface area contributed by atoms with Gasteiger partial charge in [0.05, 0.1) is 23.3 Å². The van der Waals surface area contributed by atoms with Crippen LogP contribution in [-0.2, 0) is 0 Å². The van der Waals surface area contributed by atoms with Crippen LogP contribution in [0.4, 0.5) is 5.69 Å². The van der Waals surface area contributed by atoms with E-state index in [9.17, 15) is 0 Å². The predicted molar refractivity (Wildman–Crippen MR) is 77.7 cm³/mol. The van der Waals surface area contributed by atoms with Crippen LogP contribution in [0.3, 0.4) is 0 Å². The summed E-state index contributed by atoms with van der Waals surface area (Å²) in [5, 5.41) is 8.01. The van der Waals surface area contributed by atoms with E-state index < -0.39 is 0 Å². The molecule has 0 aliphatic heterocycles. The smallest absolute Gasteiger partial charge is 0.0766 e. The van der Waals surface area contributed by atoms with Crippen LogP contribution in [0.5, 0.6) is 0 Å². The van der Waals surface area contributed by atoms with Gasteiger partial charge in [0, 0.05) is 12.5 Å². The lowest BCUT2D eigenvalue weighted by molar-refractivity contribution is 0.807. The molecule has 1 aromatic carbocycles. The number of nitrogens with one attached hydrogen (secondary N) is 1. The first-order valence-electron chi connectivity index (χ1n) is 6.97. The first-order valence-corrected chi connectivity index (χ1v) is 6.97. The van der Waals surface area contributed by atoms with Gasteiger partial charge in [0.25, 0.3) is 0 Å². The molecule has 3 rings (SSSR count). The quantitative estimate of drug-likeness (QED) is 0.781. The average molecular weight is 256 g/mol. The summed E-state index contributed by atoms with van der Waals surface area (Å²) in [6.07, 6.45) is 5.46. The number of nitrogens with two attached hydrogens (primary N) is 1. The molecule has 4 nitrogen and oxygen atoms in total. The molecule has 0 spiro atoms. The van der Waals surface area contributed by atoms with Gasteiger partial charge in [0.2, 0.25) is 0 Å². The van der Waals surface area contributed by atoms with Crippen LogP contribution < -0.4 is 11.1 Å². The number of benzene rings is 1. The van der Waals surface area contributed by atoms with Crippen molar-refractivity contribution in [1.29, 1.82) is 0 Å². The molecular weight excluding hydrogens is 236 g/mol. The molecule has 1 fully saturated rings. The fraction of sp³-hybridized carbons (Fsp3) is 0.400. The van der Waals surface area contributed by atoms with E-state index in [-0.39, 0.29) is 0 Å². The molecule has 19 heavy (non-hydrogen) atoms. The molecule has 0 radical (unpaired) electrons. The molecule has 0 amide bonds. The van der Waals surface area contributed by atoms with Gasteiger partial charge < -0.3 is 11.1 Å². The monoisotopic (exact) mass is 256 g/mol. The Balaban J connectivity index is 1.88. The third kappa shape index (κ3) is 2.63. The number of hydrogen-bond donors (Lipinski definition) is 2. The minimum Gasteiger partial charge on any atom is -0.382 e. The fourth-order valence-electron chi connectivity index (χ4n) is 2.34. The van der Waals surface area contributed by atoms with Crippen LogP contribution in [0.15, 0.2) is 36.5 Å². The summed E-state index contributed by atoms with van der Waals surface area (Å²) >= 11 is 0. The number of para-hydroxylation sites is 1. The topological polar surface area (TPSA) is 55.9 Å². The van der Waals surface area contributed by atoms with Crippen molar-refractivity contribution in [3.8, 4) is 5.69 Å². The maximum absolute atomic E-state index is 5.54. The van der Waals surface area contributed by atoms with Crippen molar-refractivity contribution in [3.63, 3.8) is 0 Å². The second-order valence-corrected chi connectivity index (χ2v) is 5.03. The van der Waals surface area contributed by atoms with Crippen LogP contribution in [0, 0.1) is 0 Å². The predicted octanol–water partition coefficient (Wildman–Crippen LogP) is 2.51. The summed E-state index contributed by atoms with van der Waals surface area (Å²) in [4.78, 5) is 0. The van der Waals surface area contributed by atoms with Crippen molar-refractivity contribution in [3.05, 3.63) is 42.2 Å². The van der Waals surface area contributed by atoms with Crippen LogP contribution in [-0.4, -0.2) is 22.9 Å². The van der Waals surface area contributed by atoms with Gasteiger partial charge in [-0.3, -0.25) is 0 Å². The molecule has 0 unspecified atom stereocenters. The highest BCUT2D eigenvalue weighted by Gasteiger charge is 2.30. The molecule has 1 aromatic heterocycles. The van der Waals surface area contributed by atoms with E-state index in [0.717, 1.165) is 25.2 Å². The van der Waals surface area contributed by atoms with E-state index in [1.807, 2.05) is 12.3 Å². The van der Waals surface area contributed by atoms with Crippen LogP contribution in [0.1, 0.15) is 30.9 Å². The first kappa shape index (κ1) is 12.2. The number of rotatable bonds is 6. The molecule has 1 aliphatic rings. The van der Waals surface area contributed by atoms with Gasteiger partial charge in [-0.25, -0.2) is 4.68 Å². The Kier molecular flexibility index (Phi) is 3.51. The van der Waals surface area contributed by atoms with Crippen LogP contribution in [0.2, 0.25) is 0 Å². The molecule has 3 N–H and O–H groups in total. The Morgan fingerprint density at radius 1 is 1.26 bits per heavy atom. The Morgan fingerprint density at radius 2 is 2.05 bits per heavy atom. The number of aromatic nitrogens is 2. The number of hydrogen-bond acceptors (Lipinski definition) is 3. The normalized spacial score (nSPS) is 14.6. The summed E-state index contributed by atoms with van der Waals surface area (Å²) in [6.45, 7) is 1.63. The zero-order chi connectivity index (χ0) is 13.1.